The number of alkyl halides is 4. The third kappa shape index (κ3) is 5.00. The van der Waals surface area contributed by atoms with Gasteiger partial charge in [-0.25, -0.2) is 9.59 Å². The molecule has 0 aromatic carbocycles. The van der Waals surface area contributed by atoms with E-state index in [1.54, 1.807) is 0 Å². The zero-order valence-electron chi connectivity index (χ0n) is 11.8. The first-order chi connectivity index (χ1) is 10.5. The van der Waals surface area contributed by atoms with Crippen LogP contribution < -0.4 is 0 Å². The normalized spacial score (nSPS) is 22.0. The summed E-state index contributed by atoms with van der Waals surface area (Å²) in [6.45, 7) is 0.799. The lowest BCUT2D eigenvalue weighted by Gasteiger charge is -2.43. The molecule has 0 aromatic heterocycles. The molecule has 1 unspecified atom stereocenters. The minimum Gasteiger partial charge on any atom is -0.462 e. The van der Waals surface area contributed by atoms with Crippen LogP contribution in [0.1, 0.15) is 6.92 Å². The number of hydrogen-bond acceptors (Lipinski definition) is 7. The number of esters is 1. The maximum atomic E-state index is 11.9. The summed E-state index contributed by atoms with van der Waals surface area (Å²) in [6.07, 6.45) is -2.21. The van der Waals surface area contributed by atoms with Crippen molar-refractivity contribution < 1.29 is 33.4 Å². The quantitative estimate of drug-likeness (QED) is 0.229. The molecule has 1 rings (SSSR count). The van der Waals surface area contributed by atoms with Gasteiger partial charge in [-0.2, -0.15) is 0 Å². The average molecular weight is 411 g/mol. The van der Waals surface area contributed by atoms with E-state index >= 15 is 0 Å². The Balaban J connectivity index is 2.58. The Hall–Kier alpha value is -0.960. The molecule has 1 saturated heterocycles. The second-order valence-electron chi connectivity index (χ2n) is 4.38. The van der Waals surface area contributed by atoms with Crippen molar-refractivity contribution >= 4 is 70.3 Å². The Bertz CT molecular complexity index is 521. The number of likely N-dealkylation sites (tertiary alicyclic amines) is 1. The fraction of sp³-hybridized carbons (Fsp3) is 0.636. The molecule has 0 bridgehead atoms. The third-order valence-electron chi connectivity index (χ3n) is 2.79. The van der Waals surface area contributed by atoms with Gasteiger partial charge in [0.2, 0.25) is 9.70 Å². The Morgan fingerprint density at radius 3 is 2.30 bits per heavy atom. The van der Waals surface area contributed by atoms with Crippen molar-refractivity contribution in [3.05, 3.63) is 0 Å². The maximum absolute atomic E-state index is 11.9. The van der Waals surface area contributed by atoms with E-state index in [1.807, 2.05) is 0 Å². The van der Waals surface area contributed by atoms with E-state index in [-0.39, 0.29) is 0 Å². The van der Waals surface area contributed by atoms with Crippen molar-refractivity contribution in [1.82, 2.24) is 4.90 Å². The van der Waals surface area contributed by atoms with Crippen LogP contribution >= 0.6 is 46.4 Å². The Morgan fingerprint density at radius 2 is 1.87 bits per heavy atom. The van der Waals surface area contributed by atoms with Crippen molar-refractivity contribution in [2.24, 2.45) is 5.92 Å². The van der Waals surface area contributed by atoms with E-state index in [1.165, 1.54) is 6.92 Å². The molecule has 1 aliphatic heterocycles. The summed E-state index contributed by atoms with van der Waals surface area (Å²) in [7, 11) is 0.984. The number of carbonyl (C=O) groups is 4. The molecule has 3 atom stereocenters. The monoisotopic (exact) mass is 409 g/mol. The highest BCUT2D eigenvalue weighted by Crippen LogP contribution is 2.34. The van der Waals surface area contributed by atoms with E-state index in [4.69, 9.17) is 51.1 Å². The van der Waals surface area contributed by atoms with E-state index in [0.29, 0.717) is 4.90 Å². The smallest absolute Gasteiger partial charge is 0.462 e. The number of amides is 2. The maximum Gasteiger partial charge on any atom is 0.508 e. The zero-order chi connectivity index (χ0) is 17.9. The van der Waals surface area contributed by atoms with Gasteiger partial charge in [0, 0.05) is 0 Å². The van der Waals surface area contributed by atoms with E-state index in [2.05, 4.69) is 9.47 Å². The number of halogens is 4. The summed E-state index contributed by atoms with van der Waals surface area (Å²) in [4.78, 5) is 46.4. The van der Waals surface area contributed by atoms with Gasteiger partial charge in [-0.3, -0.25) is 14.5 Å². The number of ether oxygens (including phenoxy) is 3. The topological polar surface area (TPSA) is 99.2 Å². The Labute approximate surface area is 150 Å². The van der Waals surface area contributed by atoms with Gasteiger partial charge in [-0.1, -0.05) is 46.4 Å². The third-order valence-corrected chi connectivity index (χ3v) is 3.58. The predicted octanol–water partition coefficient (Wildman–Crippen LogP) is 1.62. The first-order valence-corrected chi connectivity index (χ1v) is 7.56. The van der Waals surface area contributed by atoms with Crippen molar-refractivity contribution in [1.29, 1.82) is 0 Å². The van der Waals surface area contributed by atoms with Gasteiger partial charge < -0.3 is 14.2 Å². The van der Waals surface area contributed by atoms with Gasteiger partial charge in [0.15, 0.2) is 0 Å². The van der Waals surface area contributed by atoms with Gasteiger partial charge in [-0.15, -0.1) is 0 Å². The summed E-state index contributed by atoms with van der Waals surface area (Å²) in [5.41, 5.74) is -1.18. The van der Waals surface area contributed by atoms with Crippen molar-refractivity contribution in [3.8, 4) is 0 Å². The lowest BCUT2D eigenvalue weighted by molar-refractivity contribution is -0.175. The SMILES string of the molecule is COC(=O)C(=O)N1C(=O)[C@@H](C(C)OC(=O)OCC(Cl)(Cl)Cl)[C@H]1Cl. The van der Waals surface area contributed by atoms with Crippen LogP contribution in [0.3, 0.4) is 0 Å². The summed E-state index contributed by atoms with van der Waals surface area (Å²) in [5, 5.41) is 0. The summed E-state index contributed by atoms with van der Waals surface area (Å²) < 4.78 is 11.7. The molecule has 0 saturated carbocycles. The van der Waals surface area contributed by atoms with Crippen molar-refractivity contribution in [3.63, 3.8) is 0 Å². The number of imide groups is 1. The second kappa shape index (κ2) is 7.74. The lowest BCUT2D eigenvalue weighted by atomic mass is 9.92. The molecule has 0 spiro atoms. The molecular formula is C11H11Cl4NO7. The number of carbonyl (C=O) groups excluding carboxylic acids is 4. The fourth-order valence-corrected chi connectivity index (χ4v) is 2.36. The van der Waals surface area contributed by atoms with Gasteiger partial charge in [0.1, 0.15) is 24.1 Å². The van der Waals surface area contributed by atoms with E-state index < -0.39 is 51.9 Å². The number of nitrogens with zero attached hydrogens (tertiary/aromatic N) is 1. The number of rotatable bonds is 3. The average Bonchev–Trinajstić information content (AvgIpc) is 2.43. The molecular weight excluding hydrogens is 400 g/mol. The van der Waals surface area contributed by atoms with Crippen LogP contribution in [0.15, 0.2) is 0 Å². The highest BCUT2D eigenvalue weighted by atomic mass is 35.6. The summed E-state index contributed by atoms with van der Waals surface area (Å²) in [5.74, 6) is -4.27. The van der Waals surface area contributed by atoms with Gasteiger partial charge >= 0.3 is 18.0 Å². The molecule has 130 valence electrons. The van der Waals surface area contributed by atoms with Crippen LogP contribution in [-0.4, -0.2) is 58.0 Å². The molecule has 0 radical (unpaired) electrons. The number of hydrogen-bond donors (Lipinski definition) is 0. The van der Waals surface area contributed by atoms with Crippen LogP contribution in [0.4, 0.5) is 4.79 Å². The van der Waals surface area contributed by atoms with Crippen LogP contribution in [-0.2, 0) is 28.6 Å². The summed E-state index contributed by atoms with van der Waals surface area (Å²) in [6, 6.07) is 0. The molecule has 2 amide bonds. The predicted molar refractivity (Wildman–Crippen MR) is 79.2 cm³/mol. The molecule has 12 heteroatoms. The Morgan fingerprint density at radius 1 is 1.30 bits per heavy atom. The number of methoxy groups -OCH3 is 1. The van der Waals surface area contributed by atoms with E-state index in [0.717, 1.165) is 7.11 Å². The van der Waals surface area contributed by atoms with Crippen LogP contribution in [0.2, 0.25) is 0 Å². The molecule has 0 aromatic rings. The largest absolute Gasteiger partial charge is 0.508 e. The lowest BCUT2D eigenvalue weighted by Crippen LogP contribution is -2.65. The first-order valence-electron chi connectivity index (χ1n) is 5.99. The van der Waals surface area contributed by atoms with Crippen molar-refractivity contribution in [2.45, 2.75) is 22.3 Å². The molecule has 1 aliphatic rings. The van der Waals surface area contributed by atoms with E-state index in [9.17, 15) is 19.2 Å². The molecule has 8 nitrogen and oxygen atoms in total. The van der Waals surface area contributed by atoms with Crippen LogP contribution in [0, 0.1) is 5.92 Å². The van der Waals surface area contributed by atoms with Crippen molar-refractivity contribution in [2.75, 3.05) is 13.7 Å². The Kier molecular flexibility index (Phi) is 6.76. The number of β-lactam (4-membered cyclic amide) rings is 1. The molecule has 23 heavy (non-hydrogen) atoms. The second-order valence-corrected chi connectivity index (χ2v) is 7.34. The van der Waals surface area contributed by atoms with Gasteiger partial charge in [-0.05, 0) is 6.92 Å². The molecule has 0 N–H and O–H groups in total. The molecule has 1 heterocycles. The van der Waals surface area contributed by atoms with Crippen LogP contribution in [0.25, 0.3) is 0 Å². The minimum absolute atomic E-state index is 0.505. The fourth-order valence-electron chi connectivity index (χ4n) is 1.70. The highest BCUT2D eigenvalue weighted by Gasteiger charge is 2.55. The van der Waals surface area contributed by atoms with Gasteiger partial charge in [0.25, 0.3) is 0 Å². The standard InChI is InChI=1S/C11H11Cl4NO7/c1-4(23-10(20)22-3-11(13,14)15)5-6(12)16(7(5)17)8(18)9(19)21-2/h4-6H,3H2,1-2H3/t4?,5-,6-/m0/s1. The summed E-state index contributed by atoms with van der Waals surface area (Å²) >= 11 is 22.1. The molecule has 1 fully saturated rings. The highest BCUT2D eigenvalue weighted by molar-refractivity contribution is 6.67. The molecule has 0 aliphatic carbocycles. The first kappa shape index (κ1) is 20.1. The van der Waals surface area contributed by atoms with Crippen LogP contribution in [0.5, 0.6) is 0 Å². The zero-order valence-corrected chi connectivity index (χ0v) is 14.8. The minimum atomic E-state index is -1.81. The van der Waals surface area contributed by atoms with Gasteiger partial charge in [0.05, 0.1) is 7.11 Å².